The third kappa shape index (κ3) is 4.73. The topological polar surface area (TPSA) is 38.1 Å². The second-order valence-electron chi connectivity index (χ2n) is 6.75. The molecule has 0 aliphatic rings. The average Bonchev–Trinajstić information content (AvgIpc) is 3.20. The van der Waals surface area contributed by atoms with Crippen molar-refractivity contribution in [2.24, 2.45) is 0 Å². The maximum Gasteiger partial charge on any atom is 0.406 e. The van der Waals surface area contributed by atoms with Crippen LogP contribution in [0.1, 0.15) is 40.7 Å². The molecule has 0 aliphatic heterocycles. The third-order valence-electron chi connectivity index (χ3n) is 4.43. The van der Waals surface area contributed by atoms with Crippen LogP contribution in [0.4, 0.5) is 13.2 Å². The molecule has 150 valence electrons. The summed E-state index contributed by atoms with van der Waals surface area (Å²) in [6, 6.07) is 11.4. The Bertz CT molecular complexity index is 947. The first-order valence-electron chi connectivity index (χ1n) is 9.15. The molecule has 2 heterocycles. The lowest BCUT2D eigenvalue weighted by Crippen LogP contribution is -2.39. The minimum atomic E-state index is -4.42. The van der Waals surface area contributed by atoms with Crippen LogP contribution in [0.2, 0.25) is 0 Å². The lowest BCUT2D eigenvalue weighted by molar-refractivity contribution is -0.140. The van der Waals surface area contributed by atoms with Crippen molar-refractivity contribution in [2.75, 3.05) is 13.1 Å². The predicted molar refractivity (Wildman–Crippen MR) is 105 cm³/mol. The monoisotopic (exact) mass is 409 g/mol. The number of aromatic nitrogens is 2. The van der Waals surface area contributed by atoms with E-state index in [2.05, 4.69) is 5.10 Å². The zero-order chi connectivity index (χ0) is 20.3. The fourth-order valence-corrected chi connectivity index (χ4v) is 4.18. The van der Waals surface area contributed by atoms with E-state index >= 15 is 0 Å². The van der Waals surface area contributed by atoms with E-state index in [1.807, 2.05) is 48.9 Å². The molecule has 0 radical (unpaired) electrons. The quantitative estimate of drug-likeness (QED) is 0.534. The van der Waals surface area contributed by atoms with Crippen molar-refractivity contribution in [1.29, 1.82) is 0 Å². The van der Waals surface area contributed by atoms with Gasteiger partial charge in [-0.1, -0.05) is 43.7 Å². The summed E-state index contributed by atoms with van der Waals surface area (Å²) in [5.74, 6) is -0.572. The number of fused-ring (bicyclic) bond motifs is 1. The van der Waals surface area contributed by atoms with Gasteiger partial charge in [0.2, 0.25) is 0 Å². The molecule has 0 spiro atoms. The van der Waals surface area contributed by atoms with Gasteiger partial charge < -0.3 is 4.90 Å². The zero-order valence-corrected chi connectivity index (χ0v) is 16.6. The molecular formula is C20H22F3N3OS. The van der Waals surface area contributed by atoms with Crippen LogP contribution in [0, 0.1) is 6.92 Å². The summed E-state index contributed by atoms with van der Waals surface area (Å²) >= 11 is 1.20. The predicted octanol–water partition coefficient (Wildman–Crippen LogP) is 5.26. The Hall–Kier alpha value is -2.35. The smallest absolute Gasteiger partial charge is 0.329 e. The normalized spacial score (nSPS) is 11.9. The molecule has 0 aliphatic carbocycles. The number of benzene rings is 1. The molecule has 2 aromatic heterocycles. The van der Waals surface area contributed by atoms with Gasteiger partial charge in [0.25, 0.3) is 5.91 Å². The highest BCUT2D eigenvalue weighted by atomic mass is 32.1. The standard InChI is InChI=1S/C20H22F3N3OS/c1-3-4-10-25(13-20(21,22)23)18(27)17-11-16-14(2)24-26(19(16)28-17)12-15-8-6-5-7-9-15/h5-9,11H,3-4,10,12-13H2,1-2H3. The maximum atomic E-state index is 12.9. The van der Waals surface area contributed by atoms with Gasteiger partial charge in [0.15, 0.2) is 0 Å². The number of amides is 1. The molecule has 0 N–H and O–H groups in total. The number of unbranched alkanes of at least 4 members (excludes halogenated alkanes) is 1. The Labute approximate surface area is 165 Å². The lowest BCUT2D eigenvalue weighted by atomic mass is 10.2. The first-order chi connectivity index (χ1) is 13.3. The number of nitrogens with zero attached hydrogens (tertiary/aromatic N) is 3. The van der Waals surface area contributed by atoms with Gasteiger partial charge in [-0.3, -0.25) is 9.48 Å². The Kier molecular flexibility index (Phi) is 6.07. The van der Waals surface area contributed by atoms with Gasteiger partial charge in [0, 0.05) is 11.9 Å². The van der Waals surface area contributed by atoms with Crippen LogP contribution < -0.4 is 0 Å². The molecule has 3 aromatic rings. The summed E-state index contributed by atoms with van der Waals surface area (Å²) in [5, 5.41) is 5.33. The molecule has 0 saturated heterocycles. The van der Waals surface area contributed by atoms with Crippen molar-refractivity contribution in [3.63, 3.8) is 0 Å². The first-order valence-corrected chi connectivity index (χ1v) is 9.97. The van der Waals surface area contributed by atoms with Crippen molar-refractivity contribution >= 4 is 27.5 Å². The molecule has 1 amide bonds. The zero-order valence-electron chi connectivity index (χ0n) is 15.8. The van der Waals surface area contributed by atoms with Crippen LogP contribution >= 0.6 is 11.3 Å². The summed E-state index contributed by atoms with van der Waals surface area (Å²) in [4.78, 5) is 14.8. The van der Waals surface area contributed by atoms with E-state index in [0.29, 0.717) is 17.8 Å². The second-order valence-corrected chi connectivity index (χ2v) is 7.78. The summed E-state index contributed by atoms with van der Waals surface area (Å²) in [5.41, 5.74) is 1.83. The first kappa shape index (κ1) is 20.4. The highest BCUT2D eigenvalue weighted by molar-refractivity contribution is 7.20. The summed E-state index contributed by atoms with van der Waals surface area (Å²) in [6.45, 7) is 3.14. The number of carbonyl (C=O) groups excluding carboxylic acids is 1. The van der Waals surface area contributed by atoms with Crippen molar-refractivity contribution in [3.05, 3.63) is 52.5 Å². The maximum absolute atomic E-state index is 12.9. The molecule has 28 heavy (non-hydrogen) atoms. The summed E-state index contributed by atoms with van der Waals surface area (Å²) in [7, 11) is 0. The molecule has 1 aromatic carbocycles. The van der Waals surface area contributed by atoms with E-state index in [1.54, 1.807) is 6.07 Å². The molecule has 0 fully saturated rings. The average molecular weight is 409 g/mol. The highest BCUT2D eigenvalue weighted by Crippen LogP contribution is 2.30. The van der Waals surface area contributed by atoms with Crippen LogP contribution in [0.25, 0.3) is 10.2 Å². The third-order valence-corrected chi connectivity index (χ3v) is 5.57. The van der Waals surface area contributed by atoms with Crippen LogP contribution in [-0.4, -0.2) is 39.9 Å². The molecule has 0 saturated carbocycles. The molecular weight excluding hydrogens is 387 g/mol. The van der Waals surface area contributed by atoms with E-state index in [-0.39, 0.29) is 6.54 Å². The van der Waals surface area contributed by atoms with Crippen LogP contribution in [0.3, 0.4) is 0 Å². The van der Waals surface area contributed by atoms with Gasteiger partial charge in [-0.05, 0) is 25.0 Å². The summed E-state index contributed by atoms with van der Waals surface area (Å²) < 4.78 is 40.6. The molecule has 4 nitrogen and oxygen atoms in total. The van der Waals surface area contributed by atoms with Crippen LogP contribution in [-0.2, 0) is 6.54 Å². The Balaban J connectivity index is 1.90. The van der Waals surface area contributed by atoms with Crippen molar-refractivity contribution < 1.29 is 18.0 Å². The SMILES string of the molecule is CCCCN(CC(F)(F)F)C(=O)c1cc2c(C)nn(Cc3ccccc3)c2s1. The number of hydrogen-bond donors (Lipinski definition) is 0. The number of halogens is 3. The molecule has 0 atom stereocenters. The van der Waals surface area contributed by atoms with Crippen molar-refractivity contribution in [1.82, 2.24) is 14.7 Å². The van der Waals surface area contributed by atoms with Gasteiger partial charge in [-0.25, -0.2) is 0 Å². The highest BCUT2D eigenvalue weighted by Gasteiger charge is 2.33. The molecule has 8 heteroatoms. The van der Waals surface area contributed by atoms with Gasteiger partial charge in [-0.15, -0.1) is 11.3 Å². The van der Waals surface area contributed by atoms with E-state index in [0.717, 1.165) is 32.8 Å². The van der Waals surface area contributed by atoms with Crippen LogP contribution in [0.5, 0.6) is 0 Å². The minimum absolute atomic E-state index is 0.0954. The Morgan fingerprint density at radius 2 is 1.96 bits per heavy atom. The molecule has 3 rings (SSSR count). The molecule has 0 bridgehead atoms. The Morgan fingerprint density at radius 3 is 2.61 bits per heavy atom. The second kappa shape index (κ2) is 8.34. The number of thiophene rings is 1. The number of hydrogen-bond acceptors (Lipinski definition) is 3. The van der Waals surface area contributed by atoms with E-state index in [9.17, 15) is 18.0 Å². The fourth-order valence-electron chi connectivity index (χ4n) is 3.06. The number of alkyl halides is 3. The molecule has 0 unspecified atom stereocenters. The number of rotatable bonds is 7. The Morgan fingerprint density at radius 1 is 1.25 bits per heavy atom. The number of aryl methyl sites for hydroxylation is 1. The minimum Gasteiger partial charge on any atom is -0.329 e. The van der Waals surface area contributed by atoms with E-state index in [4.69, 9.17) is 0 Å². The largest absolute Gasteiger partial charge is 0.406 e. The summed E-state index contributed by atoms with van der Waals surface area (Å²) in [6.07, 6.45) is -3.16. The fraction of sp³-hybridized carbons (Fsp3) is 0.400. The van der Waals surface area contributed by atoms with Gasteiger partial charge in [-0.2, -0.15) is 18.3 Å². The van der Waals surface area contributed by atoms with Gasteiger partial charge in [0.05, 0.1) is 17.1 Å². The lowest BCUT2D eigenvalue weighted by Gasteiger charge is -2.23. The van der Waals surface area contributed by atoms with Crippen LogP contribution in [0.15, 0.2) is 36.4 Å². The van der Waals surface area contributed by atoms with Gasteiger partial charge in [0.1, 0.15) is 11.4 Å². The van der Waals surface area contributed by atoms with Gasteiger partial charge >= 0.3 is 6.18 Å². The van der Waals surface area contributed by atoms with Crippen molar-refractivity contribution in [3.8, 4) is 0 Å². The van der Waals surface area contributed by atoms with E-state index < -0.39 is 18.6 Å². The van der Waals surface area contributed by atoms with Crippen molar-refractivity contribution in [2.45, 2.75) is 39.4 Å². The number of carbonyl (C=O) groups is 1. The van der Waals surface area contributed by atoms with E-state index in [1.165, 1.54) is 11.3 Å².